The average molecular weight is 322 g/mol. The Bertz CT molecular complexity index is 386. The molecule has 0 saturated heterocycles. The smallest absolute Gasteiger partial charge is 0.328 e. The molecule has 4 N–H and O–H groups in total. The van der Waals surface area contributed by atoms with Gasteiger partial charge in [0.2, 0.25) is 11.8 Å². The topological polar surface area (TPSA) is 111 Å². The quantitative estimate of drug-likeness (QED) is 0.551. The number of hydrogen-bond acceptors (Lipinski definition) is 5. The van der Waals surface area contributed by atoms with Crippen LogP contribution < -0.4 is 16.4 Å². The van der Waals surface area contributed by atoms with Crippen LogP contribution in [0.1, 0.15) is 26.7 Å². The fourth-order valence-corrected chi connectivity index (χ4v) is 1.74. The molecule has 0 spiro atoms. The predicted molar refractivity (Wildman–Crippen MR) is 79.7 cm³/mol. The Labute approximate surface area is 130 Å². The van der Waals surface area contributed by atoms with E-state index in [0.29, 0.717) is 0 Å². The largest absolute Gasteiger partial charge is 0.467 e. The number of rotatable bonds is 7. The fraction of sp³-hybridized carbons (Fsp3) is 0.769. The number of hydrogen-bond donors (Lipinski definition) is 3. The van der Waals surface area contributed by atoms with Crippen molar-refractivity contribution in [2.24, 2.45) is 17.6 Å². The van der Waals surface area contributed by atoms with Crippen LogP contribution in [0.3, 0.4) is 0 Å². The van der Waals surface area contributed by atoms with E-state index in [4.69, 9.17) is 5.73 Å². The second kappa shape index (κ2) is 8.84. The lowest BCUT2D eigenvalue weighted by molar-refractivity contribution is -0.145. The highest BCUT2D eigenvalue weighted by Gasteiger charge is 2.38. The molecule has 1 aliphatic rings. The molecule has 7 nitrogen and oxygen atoms in total. The van der Waals surface area contributed by atoms with Crippen LogP contribution in [0.25, 0.3) is 0 Å². The Balaban J connectivity index is 0.00000400. The summed E-state index contributed by atoms with van der Waals surface area (Å²) in [5.74, 6) is -1.12. The summed E-state index contributed by atoms with van der Waals surface area (Å²) < 4.78 is 4.65. The zero-order valence-electron chi connectivity index (χ0n) is 12.5. The van der Waals surface area contributed by atoms with Gasteiger partial charge in [0.05, 0.1) is 19.7 Å². The third kappa shape index (κ3) is 6.31. The highest BCUT2D eigenvalue weighted by Crippen LogP contribution is 2.33. The van der Waals surface area contributed by atoms with Gasteiger partial charge in [0.15, 0.2) is 0 Å². The molecule has 21 heavy (non-hydrogen) atoms. The SMILES string of the molecule is COC(=O)C(NC(=O)CNC(=O)[C@@H](N)C(C)C)C1CC1.Cl. The van der Waals surface area contributed by atoms with Crippen molar-refractivity contribution in [2.75, 3.05) is 13.7 Å². The first kappa shape index (κ1) is 19.7. The summed E-state index contributed by atoms with van der Waals surface area (Å²) in [7, 11) is 1.29. The van der Waals surface area contributed by atoms with Crippen molar-refractivity contribution >= 4 is 30.2 Å². The number of nitrogens with two attached hydrogens (primary N) is 1. The van der Waals surface area contributed by atoms with E-state index >= 15 is 0 Å². The molecule has 1 unspecified atom stereocenters. The minimum Gasteiger partial charge on any atom is -0.467 e. The molecule has 1 saturated carbocycles. The lowest BCUT2D eigenvalue weighted by Gasteiger charge is -2.17. The molecule has 2 atom stereocenters. The summed E-state index contributed by atoms with van der Waals surface area (Å²) in [6.07, 6.45) is 1.79. The zero-order chi connectivity index (χ0) is 15.3. The maximum absolute atomic E-state index is 11.7. The Kier molecular flexibility index (Phi) is 8.27. The van der Waals surface area contributed by atoms with Crippen molar-refractivity contribution in [1.82, 2.24) is 10.6 Å². The Morgan fingerprint density at radius 3 is 2.29 bits per heavy atom. The highest BCUT2D eigenvalue weighted by atomic mass is 35.5. The standard InChI is InChI=1S/C13H23N3O4.ClH/c1-7(2)10(14)12(18)15-6-9(17)16-11(8-4-5-8)13(19)20-3;/h7-8,10-11H,4-6,14H2,1-3H3,(H,15,18)(H,16,17);1H/t10-,11?;/m0./s1. The van der Waals surface area contributed by atoms with E-state index in [1.54, 1.807) is 0 Å². The lowest BCUT2D eigenvalue weighted by Crippen LogP contribution is -2.50. The van der Waals surface area contributed by atoms with Crippen LogP contribution in [-0.2, 0) is 19.1 Å². The normalized spacial score (nSPS) is 16.4. The van der Waals surface area contributed by atoms with Gasteiger partial charge >= 0.3 is 5.97 Å². The maximum atomic E-state index is 11.7. The summed E-state index contributed by atoms with van der Waals surface area (Å²) in [6.45, 7) is 3.45. The molecular formula is C13H24ClN3O4. The molecule has 0 heterocycles. The molecule has 8 heteroatoms. The predicted octanol–water partition coefficient (Wildman–Crippen LogP) is -0.424. The van der Waals surface area contributed by atoms with Crippen molar-refractivity contribution < 1.29 is 19.1 Å². The monoisotopic (exact) mass is 321 g/mol. The molecule has 0 aliphatic heterocycles. The van der Waals surface area contributed by atoms with E-state index in [0.717, 1.165) is 12.8 Å². The molecule has 0 radical (unpaired) electrons. The van der Waals surface area contributed by atoms with E-state index in [9.17, 15) is 14.4 Å². The van der Waals surface area contributed by atoms with E-state index < -0.39 is 24.0 Å². The number of carbonyl (C=O) groups is 3. The molecule has 1 rings (SSSR count). The van der Waals surface area contributed by atoms with Crippen LogP contribution in [0, 0.1) is 11.8 Å². The van der Waals surface area contributed by atoms with Gasteiger partial charge in [0.1, 0.15) is 6.04 Å². The first-order chi connectivity index (χ1) is 9.36. The van der Waals surface area contributed by atoms with Gasteiger partial charge in [-0.2, -0.15) is 0 Å². The molecule has 0 aromatic heterocycles. The minimum atomic E-state index is -0.650. The summed E-state index contributed by atoms with van der Waals surface area (Å²) >= 11 is 0. The van der Waals surface area contributed by atoms with Crippen molar-refractivity contribution in [3.63, 3.8) is 0 Å². The van der Waals surface area contributed by atoms with Crippen LogP contribution in [0.15, 0.2) is 0 Å². The van der Waals surface area contributed by atoms with E-state index in [2.05, 4.69) is 15.4 Å². The summed E-state index contributed by atoms with van der Waals surface area (Å²) in [4.78, 5) is 34.9. The van der Waals surface area contributed by atoms with Crippen LogP contribution in [0.4, 0.5) is 0 Å². The lowest BCUT2D eigenvalue weighted by atomic mass is 10.1. The summed E-state index contributed by atoms with van der Waals surface area (Å²) in [5.41, 5.74) is 5.66. The first-order valence-electron chi connectivity index (χ1n) is 6.77. The van der Waals surface area contributed by atoms with Crippen LogP contribution in [-0.4, -0.2) is 43.5 Å². The maximum Gasteiger partial charge on any atom is 0.328 e. The number of methoxy groups -OCH3 is 1. The van der Waals surface area contributed by atoms with E-state index in [1.807, 2.05) is 13.8 Å². The number of nitrogens with one attached hydrogen (secondary N) is 2. The average Bonchev–Trinajstić information content (AvgIpc) is 3.24. The number of esters is 1. The van der Waals surface area contributed by atoms with Crippen LogP contribution in [0.5, 0.6) is 0 Å². The summed E-state index contributed by atoms with van der Waals surface area (Å²) in [6, 6.07) is -1.27. The van der Waals surface area contributed by atoms with Gasteiger partial charge in [-0.15, -0.1) is 12.4 Å². The zero-order valence-corrected chi connectivity index (χ0v) is 13.4. The molecule has 1 fully saturated rings. The van der Waals surface area contributed by atoms with Gasteiger partial charge in [-0.25, -0.2) is 4.79 Å². The Morgan fingerprint density at radius 2 is 1.86 bits per heavy atom. The number of carbonyl (C=O) groups excluding carboxylic acids is 3. The van der Waals surface area contributed by atoms with Gasteiger partial charge in [-0.05, 0) is 24.7 Å². The van der Waals surface area contributed by atoms with Crippen molar-refractivity contribution in [2.45, 2.75) is 38.8 Å². The van der Waals surface area contributed by atoms with Gasteiger partial charge in [-0.3, -0.25) is 9.59 Å². The number of amides is 2. The van der Waals surface area contributed by atoms with Crippen molar-refractivity contribution in [1.29, 1.82) is 0 Å². The van der Waals surface area contributed by atoms with Crippen molar-refractivity contribution in [3.05, 3.63) is 0 Å². The number of halogens is 1. The number of ether oxygens (including phenoxy) is 1. The van der Waals surface area contributed by atoms with Gasteiger partial charge in [0.25, 0.3) is 0 Å². The third-order valence-electron chi connectivity index (χ3n) is 3.31. The van der Waals surface area contributed by atoms with E-state index in [1.165, 1.54) is 7.11 Å². The Hall–Kier alpha value is -1.34. The van der Waals surface area contributed by atoms with Crippen LogP contribution in [0.2, 0.25) is 0 Å². The Morgan fingerprint density at radius 1 is 1.29 bits per heavy atom. The third-order valence-corrected chi connectivity index (χ3v) is 3.31. The second-order valence-corrected chi connectivity index (χ2v) is 5.39. The molecule has 0 bridgehead atoms. The molecular weight excluding hydrogens is 298 g/mol. The summed E-state index contributed by atoms with van der Waals surface area (Å²) in [5, 5.41) is 5.04. The molecule has 0 aromatic carbocycles. The molecule has 2 amide bonds. The van der Waals surface area contributed by atoms with Crippen LogP contribution >= 0.6 is 12.4 Å². The van der Waals surface area contributed by atoms with Gasteiger partial charge in [0, 0.05) is 0 Å². The highest BCUT2D eigenvalue weighted by molar-refractivity contribution is 5.90. The van der Waals surface area contributed by atoms with Crippen molar-refractivity contribution in [3.8, 4) is 0 Å². The van der Waals surface area contributed by atoms with E-state index in [-0.39, 0.29) is 36.7 Å². The fourth-order valence-electron chi connectivity index (χ4n) is 1.74. The molecule has 122 valence electrons. The van der Waals surface area contributed by atoms with Gasteiger partial charge < -0.3 is 21.1 Å². The first-order valence-corrected chi connectivity index (χ1v) is 6.77. The minimum absolute atomic E-state index is 0. The molecule has 1 aliphatic carbocycles. The van der Waals surface area contributed by atoms with Gasteiger partial charge in [-0.1, -0.05) is 13.8 Å². The molecule has 0 aromatic rings. The second-order valence-electron chi connectivity index (χ2n) is 5.39.